The van der Waals surface area contributed by atoms with E-state index in [1.807, 2.05) is 0 Å². The number of rotatable bonds is 6. The van der Waals surface area contributed by atoms with Gasteiger partial charge in [-0.05, 0) is 17.7 Å². The molecule has 24 heavy (non-hydrogen) atoms. The van der Waals surface area contributed by atoms with Crippen LogP contribution in [0.3, 0.4) is 0 Å². The van der Waals surface area contributed by atoms with Gasteiger partial charge < -0.3 is 10.2 Å². The van der Waals surface area contributed by atoms with Gasteiger partial charge in [-0.25, -0.2) is 8.78 Å². The first-order valence-electron chi connectivity index (χ1n) is 6.60. The lowest BCUT2D eigenvalue weighted by Crippen LogP contribution is -2.14. The van der Waals surface area contributed by atoms with Crippen LogP contribution in [0.1, 0.15) is 5.56 Å². The van der Waals surface area contributed by atoms with Crippen molar-refractivity contribution in [1.29, 1.82) is 0 Å². The van der Waals surface area contributed by atoms with E-state index in [9.17, 15) is 23.7 Å². The Bertz CT molecular complexity index is 796. The van der Waals surface area contributed by atoms with E-state index >= 15 is 0 Å². The summed E-state index contributed by atoms with van der Waals surface area (Å²) in [7, 11) is 0. The minimum atomic E-state index is -0.922. The van der Waals surface area contributed by atoms with Crippen LogP contribution in [-0.2, 0) is 16.2 Å². The third-order valence-corrected chi connectivity index (χ3v) is 2.79. The maximum atomic E-state index is 13.3. The summed E-state index contributed by atoms with van der Waals surface area (Å²) in [5.74, 6) is -2.46. The first-order chi connectivity index (χ1) is 11.5. The summed E-state index contributed by atoms with van der Waals surface area (Å²) in [6.07, 6.45) is 0.764. The van der Waals surface area contributed by atoms with E-state index in [0.717, 1.165) is 18.3 Å². The summed E-state index contributed by atoms with van der Waals surface area (Å²) in [5, 5.41) is 16.2. The molecule has 0 saturated heterocycles. The Hall–Kier alpha value is -3.36. The molecule has 1 N–H and O–H groups in total. The number of hydrogen-bond acceptors (Lipinski definition) is 5. The number of nitrogens with one attached hydrogen (secondary N) is 1. The summed E-state index contributed by atoms with van der Waals surface area (Å²) < 4.78 is 26.1. The van der Waals surface area contributed by atoms with Crippen molar-refractivity contribution < 1.29 is 23.3 Å². The van der Waals surface area contributed by atoms with Crippen molar-refractivity contribution in [2.75, 3.05) is 5.32 Å². The molecule has 1 amide bonds. The molecule has 0 bridgehead atoms. The van der Waals surface area contributed by atoms with Gasteiger partial charge in [-0.3, -0.25) is 14.9 Å². The van der Waals surface area contributed by atoms with Crippen molar-refractivity contribution in [1.82, 2.24) is 0 Å². The number of hydrogen-bond donors (Lipinski definition) is 1. The van der Waals surface area contributed by atoms with E-state index in [-0.39, 0.29) is 18.0 Å². The van der Waals surface area contributed by atoms with Crippen molar-refractivity contribution in [3.63, 3.8) is 0 Å². The van der Waals surface area contributed by atoms with E-state index in [0.29, 0.717) is 11.6 Å². The Morgan fingerprint density at radius 2 is 2.08 bits per heavy atom. The molecule has 0 heterocycles. The van der Waals surface area contributed by atoms with Crippen LogP contribution in [0.5, 0.6) is 0 Å². The molecule has 9 heteroatoms. The number of nitrogens with zero attached hydrogens (tertiary/aromatic N) is 2. The number of oxime groups is 1. The SMILES string of the molecule is O=C(/C=N\OCc1cccc([N+](=O)[O-])c1)Nc1ccc(F)cc1F. The summed E-state index contributed by atoms with van der Waals surface area (Å²) in [6, 6.07) is 8.42. The van der Waals surface area contributed by atoms with Gasteiger partial charge in [0.05, 0.1) is 10.6 Å². The number of non-ortho nitro benzene ring substituents is 1. The van der Waals surface area contributed by atoms with Gasteiger partial charge in [0, 0.05) is 18.2 Å². The lowest BCUT2D eigenvalue weighted by Gasteiger charge is -2.03. The molecule has 0 saturated carbocycles. The van der Waals surface area contributed by atoms with Gasteiger partial charge in [0.25, 0.3) is 11.6 Å². The van der Waals surface area contributed by atoms with Crippen molar-refractivity contribution in [2.24, 2.45) is 5.16 Å². The predicted octanol–water partition coefficient (Wildman–Crippen LogP) is 3.01. The number of anilines is 1. The fourth-order valence-corrected chi connectivity index (χ4v) is 1.71. The number of carbonyl (C=O) groups excluding carboxylic acids is 1. The molecule has 0 unspecified atom stereocenters. The first kappa shape index (κ1) is 17.0. The summed E-state index contributed by atoms with van der Waals surface area (Å²) in [4.78, 5) is 26.4. The molecule has 2 aromatic carbocycles. The maximum Gasteiger partial charge on any atom is 0.270 e. The summed E-state index contributed by atoms with van der Waals surface area (Å²) in [5.41, 5.74) is 0.197. The predicted molar refractivity (Wildman–Crippen MR) is 81.4 cm³/mol. The van der Waals surface area contributed by atoms with Crippen LogP contribution in [0.15, 0.2) is 47.6 Å². The molecule has 2 rings (SSSR count). The van der Waals surface area contributed by atoms with Crippen molar-refractivity contribution >= 4 is 23.5 Å². The molecular formula is C15H11F2N3O4. The molecule has 7 nitrogen and oxygen atoms in total. The van der Waals surface area contributed by atoms with E-state index in [1.54, 1.807) is 6.07 Å². The number of benzene rings is 2. The molecule has 0 aliphatic rings. The van der Waals surface area contributed by atoms with Crippen molar-refractivity contribution in [2.45, 2.75) is 6.61 Å². The number of carbonyl (C=O) groups is 1. The number of nitro benzene ring substituents is 1. The Morgan fingerprint density at radius 1 is 1.29 bits per heavy atom. The fraction of sp³-hybridized carbons (Fsp3) is 0.0667. The van der Waals surface area contributed by atoms with Gasteiger partial charge >= 0.3 is 0 Å². The van der Waals surface area contributed by atoms with Gasteiger partial charge in [-0.2, -0.15) is 0 Å². The average Bonchev–Trinajstić information content (AvgIpc) is 2.54. The quantitative estimate of drug-likeness (QED) is 0.499. The summed E-state index contributed by atoms with van der Waals surface area (Å²) >= 11 is 0. The van der Waals surface area contributed by atoms with Crippen LogP contribution in [0, 0.1) is 21.7 Å². The lowest BCUT2D eigenvalue weighted by molar-refractivity contribution is -0.384. The molecule has 0 aliphatic heterocycles. The molecule has 124 valence electrons. The fourth-order valence-electron chi connectivity index (χ4n) is 1.71. The minimum Gasteiger partial charge on any atom is -0.391 e. The standard InChI is InChI=1S/C15H11F2N3O4/c16-11-4-5-14(13(17)7-11)19-15(21)8-18-24-9-10-2-1-3-12(6-10)20(22)23/h1-8H,9H2,(H,19,21)/b18-8-. The molecule has 0 spiro atoms. The monoisotopic (exact) mass is 335 g/mol. The Kier molecular flexibility index (Phi) is 5.50. The van der Waals surface area contributed by atoms with Crippen LogP contribution in [0.2, 0.25) is 0 Å². The lowest BCUT2D eigenvalue weighted by atomic mass is 10.2. The van der Waals surface area contributed by atoms with Gasteiger partial charge in [-0.15, -0.1) is 0 Å². The second-order valence-corrected chi connectivity index (χ2v) is 4.55. The van der Waals surface area contributed by atoms with Crippen LogP contribution in [-0.4, -0.2) is 17.0 Å². The first-order valence-corrected chi connectivity index (χ1v) is 6.60. The minimum absolute atomic E-state index is 0.0869. The molecule has 0 aromatic heterocycles. The van der Waals surface area contributed by atoms with Crippen LogP contribution in [0.25, 0.3) is 0 Å². The smallest absolute Gasteiger partial charge is 0.270 e. The van der Waals surface area contributed by atoms with E-state index in [2.05, 4.69) is 10.5 Å². The zero-order valence-electron chi connectivity index (χ0n) is 12.1. The Morgan fingerprint density at radius 3 is 2.79 bits per heavy atom. The molecule has 0 atom stereocenters. The highest BCUT2D eigenvalue weighted by atomic mass is 19.1. The molecule has 0 fully saturated rings. The highest BCUT2D eigenvalue weighted by Gasteiger charge is 2.07. The Balaban J connectivity index is 1.86. The van der Waals surface area contributed by atoms with Gasteiger partial charge in [0.15, 0.2) is 0 Å². The zero-order valence-corrected chi connectivity index (χ0v) is 12.1. The third kappa shape index (κ3) is 4.83. The van der Waals surface area contributed by atoms with Gasteiger partial charge in [-0.1, -0.05) is 17.3 Å². The van der Waals surface area contributed by atoms with Crippen molar-refractivity contribution in [3.8, 4) is 0 Å². The second-order valence-electron chi connectivity index (χ2n) is 4.55. The molecule has 2 aromatic rings. The number of amides is 1. The van der Waals surface area contributed by atoms with Crippen LogP contribution < -0.4 is 5.32 Å². The van der Waals surface area contributed by atoms with Crippen LogP contribution in [0.4, 0.5) is 20.2 Å². The maximum absolute atomic E-state index is 13.3. The highest BCUT2D eigenvalue weighted by Crippen LogP contribution is 2.15. The van der Waals surface area contributed by atoms with E-state index in [1.165, 1.54) is 18.2 Å². The van der Waals surface area contributed by atoms with Gasteiger partial charge in [0.1, 0.15) is 24.5 Å². The number of halogens is 2. The average molecular weight is 335 g/mol. The normalized spacial score (nSPS) is 10.6. The van der Waals surface area contributed by atoms with Crippen LogP contribution >= 0.6 is 0 Å². The highest BCUT2D eigenvalue weighted by molar-refractivity contribution is 6.31. The zero-order chi connectivity index (χ0) is 17.5. The largest absolute Gasteiger partial charge is 0.391 e. The topological polar surface area (TPSA) is 93.8 Å². The van der Waals surface area contributed by atoms with E-state index in [4.69, 9.17) is 4.84 Å². The second kappa shape index (κ2) is 7.77. The number of nitro groups is 1. The van der Waals surface area contributed by atoms with E-state index < -0.39 is 22.5 Å². The third-order valence-electron chi connectivity index (χ3n) is 2.79. The Labute approximate surface area is 134 Å². The van der Waals surface area contributed by atoms with Crippen molar-refractivity contribution in [3.05, 3.63) is 69.8 Å². The molecule has 0 radical (unpaired) electrons. The summed E-state index contributed by atoms with van der Waals surface area (Å²) in [6.45, 7) is -0.0869. The molecule has 0 aliphatic carbocycles. The molecular weight excluding hydrogens is 324 g/mol. The van der Waals surface area contributed by atoms with Gasteiger partial charge in [0.2, 0.25) is 0 Å².